The summed E-state index contributed by atoms with van der Waals surface area (Å²) in [6.07, 6.45) is 0. The summed E-state index contributed by atoms with van der Waals surface area (Å²) < 4.78 is 20.2. The number of aryl methyl sites for hydroxylation is 1. The molecule has 0 bridgehead atoms. The van der Waals surface area contributed by atoms with Gasteiger partial charge in [0, 0.05) is 17.1 Å². The Hall–Kier alpha value is -1.39. The Morgan fingerprint density at radius 1 is 1.21 bits per heavy atom. The van der Waals surface area contributed by atoms with E-state index in [9.17, 15) is 4.39 Å². The van der Waals surface area contributed by atoms with Crippen molar-refractivity contribution < 1.29 is 9.13 Å². The molecule has 0 heterocycles. The molecule has 0 amide bonds. The molecule has 0 saturated carbocycles. The second-order valence-electron chi connectivity index (χ2n) is 4.34. The van der Waals surface area contributed by atoms with Crippen molar-refractivity contribution in [2.24, 2.45) is 0 Å². The van der Waals surface area contributed by atoms with Gasteiger partial charge in [0.15, 0.2) is 0 Å². The summed E-state index contributed by atoms with van der Waals surface area (Å²) in [6, 6.07) is 10.5. The summed E-state index contributed by atoms with van der Waals surface area (Å²) in [6.45, 7) is 2.56. The van der Waals surface area contributed by atoms with E-state index >= 15 is 0 Å². The van der Waals surface area contributed by atoms with E-state index in [1.54, 1.807) is 0 Å². The maximum atomic E-state index is 13.5. The summed E-state index contributed by atoms with van der Waals surface area (Å²) >= 11 is 3.40. The zero-order valence-corrected chi connectivity index (χ0v) is 12.4. The van der Waals surface area contributed by atoms with Crippen LogP contribution in [0.4, 0.5) is 4.39 Å². The molecule has 2 nitrogen and oxygen atoms in total. The molecular formula is C15H15BrFNO. The molecule has 1 N–H and O–H groups in total. The Kier molecular flexibility index (Phi) is 4.56. The third-order valence-corrected chi connectivity index (χ3v) is 3.18. The van der Waals surface area contributed by atoms with Gasteiger partial charge in [-0.25, -0.2) is 4.39 Å². The average Bonchev–Trinajstić information content (AvgIpc) is 2.33. The highest BCUT2D eigenvalue weighted by atomic mass is 79.9. The molecule has 0 aromatic heterocycles. The summed E-state index contributed by atoms with van der Waals surface area (Å²) in [5.41, 5.74) is 1.85. The predicted molar refractivity (Wildman–Crippen MR) is 78.1 cm³/mol. The average molecular weight is 324 g/mol. The van der Waals surface area contributed by atoms with Crippen LogP contribution in [0.1, 0.15) is 11.1 Å². The molecule has 0 aliphatic carbocycles. The van der Waals surface area contributed by atoms with Gasteiger partial charge in [-0.2, -0.15) is 0 Å². The minimum atomic E-state index is -0.296. The fourth-order valence-electron chi connectivity index (χ4n) is 1.80. The van der Waals surface area contributed by atoms with Crippen molar-refractivity contribution in [2.45, 2.75) is 13.5 Å². The van der Waals surface area contributed by atoms with Crippen molar-refractivity contribution in [3.8, 4) is 11.5 Å². The maximum Gasteiger partial charge on any atom is 0.131 e. The molecule has 0 aliphatic rings. The third-order valence-electron chi connectivity index (χ3n) is 2.69. The molecule has 19 heavy (non-hydrogen) atoms. The number of benzene rings is 2. The smallest absolute Gasteiger partial charge is 0.131 e. The van der Waals surface area contributed by atoms with E-state index < -0.39 is 0 Å². The van der Waals surface area contributed by atoms with Gasteiger partial charge < -0.3 is 10.1 Å². The summed E-state index contributed by atoms with van der Waals surface area (Å²) in [5, 5.41) is 2.99. The lowest BCUT2D eigenvalue weighted by molar-refractivity contribution is 0.471. The lowest BCUT2D eigenvalue weighted by Crippen LogP contribution is -2.05. The second kappa shape index (κ2) is 6.17. The van der Waals surface area contributed by atoms with Gasteiger partial charge >= 0.3 is 0 Å². The minimum Gasteiger partial charge on any atom is -0.457 e. The van der Waals surface area contributed by atoms with Crippen LogP contribution in [-0.4, -0.2) is 7.05 Å². The fourth-order valence-corrected chi connectivity index (χ4v) is 2.14. The second-order valence-corrected chi connectivity index (χ2v) is 5.25. The molecule has 2 rings (SSSR count). The van der Waals surface area contributed by atoms with E-state index in [2.05, 4.69) is 21.2 Å². The van der Waals surface area contributed by atoms with Gasteiger partial charge in [-0.1, -0.05) is 22.0 Å². The van der Waals surface area contributed by atoms with Gasteiger partial charge in [-0.3, -0.25) is 0 Å². The Morgan fingerprint density at radius 3 is 2.74 bits per heavy atom. The number of hydrogen-bond acceptors (Lipinski definition) is 2. The fraction of sp³-hybridized carbons (Fsp3) is 0.200. The quantitative estimate of drug-likeness (QED) is 0.899. The molecule has 0 aliphatic heterocycles. The Bertz CT molecular complexity index is 586. The largest absolute Gasteiger partial charge is 0.457 e. The first-order valence-corrected chi connectivity index (χ1v) is 6.76. The molecule has 0 atom stereocenters. The van der Waals surface area contributed by atoms with E-state index in [1.807, 2.05) is 38.2 Å². The van der Waals surface area contributed by atoms with E-state index in [1.165, 1.54) is 12.1 Å². The number of halogens is 2. The van der Waals surface area contributed by atoms with Gasteiger partial charge in [0.1, 0.15) is 17.3 Å². The zero-order valence-electron chi connectivity index (χ0n) is 10.8. The van der Waals surface area contributed by atoms with Crippen LogP contribution in [0.15, 0.2) is 40.9 Å². The molecule has 0 radical (unpaired) electrons. The number of nitrogens with one attached hydrogen (secondary N) is 1. The molecule has 0 fully saturated rings. The van der Waals surface area contributed by atoms with Crippen molar-refractivity contribution in [1.82, 2.24) is 5.32 Å². The molecule has 100 valence electrons. The van der Waals surface area contributed by atoms with E-state index in [0.717, 1.165) is 21.3 Å². The standard InChI is InChI=1S/C15H15BrFNO/c1-10-3-4-12(16)7-15(10)19-14-6-11(9-18-2)5-13(17)8-14/h3-8,18H,9H2,1-2H3. The van der Waals surface area contributed by atoms with Crippen molar-refractivity contribution in [1.29, 1.82) is 0 Å². The Balaban J connectivity index is 2.29. The molecule has 4 heteroatoms. The van der Waals surface area contributed by atoms with Gasteiger partial charge in [0.25, 0.3) is 0 Å². The van der Waals surface area contributed by atoms with Gasteiger partial charge in [0.05, 0.1) is 0 Å². The van der Waals surface area contributed by atoms with Crippen LogP contribution in [-0.2, 0) is 6.54 Å². The van der Waals surface area contributed by atoms with Crippen LogP contribution >= 0.6 is 15.9 Å². The normalized spacial score (nSPS) is 10.5. The van der Waals surface area contributed by atoms with Crippen LogP contribution in [0, 0.1) is 12.7 Å². The van der Waals surface area contributed by atoms with Crippen LogP contribution in [0.3, 0.4) is 0 Å². The predicted octanol–water partition coefficient (Wildman–Crippen LogP) is 4.41. The number of hydrogen-bond donors (Lipinski definition) is 1. The molecule has 2 aromatic rings. The van der Waals surface area contributed by atoms with Gasteiger partial charge in [-0.05, 0) is 49.4 Å². The molecule has 0 unspecified atom stereocenters. The monoisotopic (exact) mass is 323 g/mol. The van der Waals surface area contributed by atoms with Crippen LogP contribution < -0.4 is 10.1 Å². The number of ether oxygens (including phenoxy) is 1. The minimum absolute atomic E-state index is 0.296. The highest BCUT2D eigenvalue weighted by molar-refractivity contribution is 9.10. The first-order chi connectivity index (χ1) is 9.08. The SMILES string of the molecule is CNCc1cc(F)cc(Oc2cc(Br)ccc2C)c1. The molecule has 0 spiro atoms. The highest BCUT2D eigenvalue weighted by Crippen LogP contribution is 2.29. The maximum absolute atomic E-state index is 13.5. The van der Waals surface area contributed by atoms with Crippen LogP contribution in [0.25, 0.3) is 0 Å². The van der Waals surface area contributed by atoms with E-state index in [4.69, 9.17) is 4.74 Å². The van der Waals surface area contributed by atoms with Gasteiger partial charge in [0.2, 0.25) is 0 Å². The first kappa shape index (κ1) is 14.0. The summed E-state index contributed by atoms with van der Waals surface area (Å²) in [4.78, 5) is 0. The van der Waals surface area contributed by atoms with Crippen molar-refractivity contribution >= 4 is 15.9 Å². The molecule has 2 aromatic carbocycles. The zero-order chi connectivity index (χ0) is 13.8. The molecule has 0 saturated heterocycles. The topological polar surface area (TPSA) is 21.3 Å². The Morgan fingerprint density at radius 2 is 2.00 bits per heavy atom. The van der Waals surface area contributed by atoms with Gasteiger partial charge in [-0.15, -0.1) is 0 Å². The van der Waals surface area contributed by atoms with Crippen molar-refractivity contribution in [3.05, 3.63) is 57.8 Å². The summed E-state index contributed by atoms with van der Waals surface area (Å²) in [7, 11) is 1.82. The van der Waals surface area contributed by atoms with E-state index in [0.29, 0.717) is 12.3 Å². The first-order valence-electron chi connectivity index (χ1n) is 5.96. The third kappa shape index (κ3) is 3.78. The van der Waals surface area contributed by atoms with E-state index in [-0.39, 0.29) is 5.82 Å². The summed E-state index contributed by atoms with van der Waals surface area (Å²) in [5.74, 6) is 0.928. The Labute approximate surface area is 120 Å². The van der Waals surface area contributed by atoms with Crippen LogP contribution in [0.2, 0.25) is 0 Å². The molecular weight excluding hydrogens is 309 g/mol. The highest BCUT2D eigenvalue weighted by Gasteiger charge is 2.05. The lowest BCUT2D eigenvalue weighted by Gasteiger charge is -2.11. The van der Waals surface area contributed by atoms with Crippen LogP contribution in [0.5, 0.6) is 11.5 Å². The number of rotatable bonds is 4. The van der Waals surface area contributed by atoms with Crippen molar-refractivity contribution in [2.75, 3.05) is 7.05 Å². The lowest BCUT2D eigenvalue weighted by atomic mass is 10.2. The van der Waals surface area contributed by atoms with Crippen molar-refractivity contribution in [3.63, 3.8) is 0 Å².